The van der Waals surface area contributed by atoms with Gasteiger partial charge >= 0.3 is 5.97 Å². The van der Waals surface area contributed by atoms with Crippen LogP contribution in [0.3, 0.4) is 0 Å². The van der Waals surface area contributed by atoms with Crippen LogP contribution in [0.15, 0.2) is 18.2 Å². The molecule has 0 aliphatic carbocycles. The molecule has 6 nitrogen and oxygen atoms in total. The average Bonchev–Trinajstić information content (AvgIpc) is 2.73. The van der Waals surface area contributed by atoms with E-state index in [-0.39, 0.29) is 5.56 Å². The summed E-state index contributed by atoms with van der Waals surface area (Å²) in [7, 11) is 1.51. The molecule has 2 aromatic rings. The SMILES string of the molecule is COc1cc(Cn2nc(C)c(C(=O)O)c2C)ccc1C#N. The number of hydrogen-bond acceptors (Lipinski definition) is 4. The molecule has 1 N–H and O–H groups in total. The Balaban J connectivity index is 2.37. The molecule has 21 heavy (non-hydrogen) atoms. The first kappa shape index (κ1) is 14.6. The Bertz CT molecular complexity index is 741. The van der Waals surface area contributed by atoms with E-state index in [0.717, 1.165) is 5.56 Å². The number of hydrogen-bond donors (Lipinski definition) is 1. The summed E-state index contributed by atoms with van der Waals surface area (Å²) in [5, 5.41) is 22.4. The topological polar surface area (TPSA) is 88.1 Å². The van der Waals surface area contributed by atoms with Gasteiger partial charge in [-0.05, 0) is 31.5 Å². The lowest BCUT2D eigenvalue weighted by Crippen LogP contribution is -2.06. The van der Waals surface area contributed by atoms with Crippen LogP contribution in [-0.2, 0) is 6.54 Å². The van der Waals surface area contributed by atoms with Gasteiger partial charge in [-0.15, -0.1) is 0 Å². The molecule has 1 aromatic heterocycles. The van der Waals surface area contributed by atoms with E-state index in [0.29, 0.717) is 29.2 Å². The van der Waals surface area contributed by atoms with E-state index >= 15 is 0 Å². The standard InChI is InChI=1S/C15H15N3O3/c1-9-14(15(19)20)10(2)18(17-9)8-11-4-5-12(7-16)13(6-11)21-3/h4-6H,8H2,1-3H3,(H,19,20). The molecule has 0 radical (unpaired) electrons. The maximum absolute atomic E-state index is 11.2. The van der Waals surface area contributed by atoms with Gasteiger partial charge in [0.05, 0.1) is 30.6 Å². The fraction of sp³-hybridized carbons (Fsp3) is 0.267. The molecule has 108 valence electrons. The molecule has 1 heterocycles. The lowest BCUT2D eigenvalue weighted by molar-refractivity contribution is 0.0695. The molecule has 0 amide bonds. The molecule has 0 unspecified atom stereocenters. The molecular weight excluding hydrogens is 270 g/mol. The van der Waals surface area contributed by atoms with Crippen LogP contribution in [-0.4, -0.2) is 28.0 Å². The monoisotopic (exact) mass is 285 g/mol. The minimum Gasteiger partial charge on any atom is -0.495 e. The summed E-state index contributed by atoms with van der Waals surface area (Å²) in [6.07, 6.45) is 0. The molecule has 1 aromatic carbocycles. The van der Waals surface area contributed by atoms with Crippen LogP contribution >= 0.6 is 0 Å². The van der Waals surface area contributed by atoms with Crippen LogP contribution in [0.25, 0.3) is 0 Å². The molecule has 0 aliphatic heterocycles. The Labute approximate surface area is 122 Å². The lowest BCUT2D eigenvalue weighted by Gasteiger charge is -2.08. The highest BCUT2D eigenvalue weighted by Gasteiger charge is 2.17. The number of aromatic nitrogens is 2. The Kier molecular flexibility index (Phi) is 3.94. The number of carbonyl (C=O) groups is 1. The van der Waals surface area contributed by atoms with Gasteiger partial charge in [-0.2, -0.15) is 10.4 Å². The molecule has 0 atom stereocenters. The van der Waals surface area contributed by atoms with Crippen molar-refractivity contribution in [2.75, 3.05) is 7.11 Å². The van der Waals surface area contributed by atoms with Gasteiger partial charge in [0.15, 0.2) is 0 Å². The summed E-state index contributed by atoms with van der Waals surface area (Å²) < 4.78 is 6.80. The van der Waals surface area contributed by atoms with Crippen molar-refractivity contribution in [3.8, 4) is 11.8 Å². The van der Waals surface area contributed by atoms with E-state index in [1.54, 1.807) is 36.7 Å². The first-order valence-corrected chi connectivity index (χ1v) is 6.32. The van der Waals surface area contributed by atoms with Crippen molar-refractivity contribution < 1.29 is 14.6 Å². The van der Waals surface area contributed by atoms with Gasteiger partial charge < -0.3 is 9.84 Å². The Hall–Kier alpha value is -2.81. The molecular formula is C15H15N3O3. The van der Waals surface area contributed by atoms with Crippen LogP contribution < -0.4 is 4.74 Å². The molecule has 0 fully saturated rings. The Morgan fingerprint density at radius 2 is 2.19 bits per heavy atom. The van der Waals surface area contributed by atoms with Crippen LogP contribution in [0.4, 0.5) is 0 Å². The lowest BCUT2D eigenvalue weighted by atomic mass is 10.1. The minimum atomic E-state index is -0.978. The highest BCUT2D eigenvalue weighted by molar-refractivity contribution is 5.90. The molecule has 0 spiro atoms. The Morgan fingerprint density at radius 3 is 2.71 bits per heavy atom. The zero-order valence-corrected chi connectivity index (χ0v) is 12.0. The van der Waals surface area contributed by atoms with E-state index in [2.05, 4.69) is 11.2 Å². The number of carboxylic acid groups (broad SMARTS) is 1. The molecule has 0 bridgehead atoms. The fourth-order valence-electron chi connectivity index (χ4n) is 2.26. The predicted octanol–water partition coefficient (Wildman–Crippen LogP) is 2.13. The highest BCUT2D eigenvalue weighted by Crippen LogP contribution is 2.21. The second-order valence-corrected chi connectivity index (χ2v) is 4.66. The van der Waals surface area contributed by atoms with E-state index in [1.165, 1.54) is 7.11 Å². The number of benzene rings is 1. The smallest absolute Gasteiger partial charge is 0.339 e. The van der Waals surface area contributed by atoms with Crippen LogP contribution in [0.2, 0.25) is 0 Å². The number of aryl methyl sites for hydroxylation is 1. The average molecular weight is 285 g/mol. The van der Waals surface area contributed by atoms with E-state index < -0.39 is 5.97 Å². The molecule has 0 saturated carbocycles. The van der Waals surface area contributed by atoms with Crippen molar-refractivity contribution in [1.82, 2.24) is 9.78 Å². The third-order valence-electron chi connectivity index (χ3n) is 3.31. The van der Waals surface area contributed by atoms with Gasteiger partial charge in [0.25, 0.3) is 0 Å². The van der Waals surface area contributed by atoms with E-state index in [9.17, 15) is 4.79 Å². The van der Waals surface area contributed by atoms with Gasteiger partial charge in [-0.1, -0.05) is 6.07 Å². The quantitative estimate of drug-likeness (QED) is 0.929. The van der Waals surface area contributed by atoms with E-state index in [4.69, 9.17) is 15.1 Å². The van der Waals surface area contributed by atoms with Gasteiger partial charge in [0.1, 0.15) is 17.4 Å². The number of rotatable bonds is 4. The summed E-state index contributed by atoms with van der Waals surface area (Å²) in [6.45, 7) is 3.82. The first-order valence-electron chi connectivity index (χ1n) is 6.32. The van der Waals surface area contributed by atoms with Crippen LogP contribution in [0, 0.1) is 25.2 Å². The normalized spacial score (nSPS) is 10.2. The summed E-state index contributed by atoms with van der Waals surface area (Å²) >= 11 is 0. The number of carboxylic acids is 1. The predicted molar refractivity (Wildman–Crippen MR) is 75.5 cm³/mol. The van der Waals surface area contributed by atoms with Crippen molar-refractivity contribution in [2.45, 2.75) is 20.4 Å². The number of aromatic carboxylic acids is 1. The Morgan fingerprint density at radius 1 is 1.48 bits per heavy atom. The van der Waals surface area contributed by atoms with Gasteiger partial charge in [0, 0.05) is 0 Å². The zero-order chi connectivity index (χ0) is 15.6. The summed E-state index contributed by atoms with van der Waals surface area (Å²) in [5.74, 6) is -0.483. The number of methoxy groups -OCH3 is 1. The van der Waals surface area contributed by atoms with Crippen molar-refractivity contribution >= 4 is 5.97 Å². The van der Waals surface area contributed by atoms with Gasteiger partial charge in [-0.3, -0.25) is 4.68 Å². The molecule has 0 aliphatic rings. The summed E-state index contributed by atoms with van der Waals surface area (Å²) in [6, 6.07) is 7.29. The number of ether oxygens (including phenoxy) is 1. The number of nitriles is 1. The molecule has 2 rings (SSSR count). The van der Waals surface area contributed by atoms with E-state index in [1.807, 2.05) is 0 Å². The minimum absolute atomic E-state index is 0.232. The van der Waals surface area contributed by atoms with Crippen molar-refractivity contribution in [2.24, 2.45) is 0 Å². The maximum atomic E-state index is 11.2. The highest BCUT2D eigenvalue weighted by atomic mass is 16.5. The van der Waals surface area contributed by atoms with Crippen LogP contribution in [0.1, 0.15) is 32.9 Å². The molecule has 0 saturated heterocycles. The van der Waals surface area contributed by atoms with Crippen molar-refractivity contribution in [3.05, 3.63) is 46.3 Å². The second-order valence-electron chi connectivity index (χ2n) is 4.66. The van der Waals surface area contributed by atoms with Crippen molar-refractivity contribution in [1.29, 1.82) is 5.26 Å². The molecule has 6 heteroatoms. The fourth-order valence-corrected chi connectivity index (χ4v) is 2.26. The van der Waals surface area contributed by atoms with Gasteiger partial charge in [-0.25, -0.2) is 4.79 Å². The third-order valence-corrected chi connectivity index (χ3v) is 3.31. The summed E-state index contributed by atoms with van der Waals surface area (Å²) in [5.41, 5.74) is 2.66. The van der Waals surface area contributed by atoms with Crippen molar-refractivity contribution in [3.63, 3.8) is 0 Å². The summed E-state index contributed by atoms with van der Waals surface area (Å²) in [4.78, 5) is 11.2. The first-order chi connectivity index (χ1) is 9.97. The number of nitrogens with zero attached hydrogens (tertiary/aromatic N) is 3. The van der Waals surface area contributed by atoms with Gasteiger partial charge in [0.2, 0.25) is 0 Å². The zero-order valence-electron chi connectivity index (χ0n) is 12.0. The second kappa shape index (κ2) is 5.67. The largest absolute Gasteiger partial charge is 0.495 e. The van der Waals surface area contributed by atoms with Crippen LogP contribution in [0.5, 0.6) is 5.75 Å². The third kappa shape index (κ3) is 2.72. The maximum Gasteiger partial charge on any atom is 0.339 e.